The van der Waals surface area contributed by atoms with Gasteiger partial charge in [0.1, 0.15) is 0 Å². The number of benzene rings is 1. The van der Waals surface area contributed by atoms with Gasteiger partial charge in [0.05, 0.1) is 20.4 Å². The first-order valence-corrected chi connectivity index (χ1v) is 7.76. The minimum atomic E-state index is -1.62. The second-order valence-corrected chi connectivity index (χ2v) is 6.41. The maximum atomic E-state index is 11.1. The molecule has 4 N–H and O–H groups in total. The van der Waals surface area contributed by atoms with E-state index < -0.39 is 23.8 Å². The topological polar surface area (TPSA) is 159 Å². The number of fused-ring (bicyclic) bond motifs is 2. The molecule has 1 aromatic carbocycles. The number of rotatable bonds is 2. The molecule has 0 aliphatic carbocycles. The highest BCUT2D eigenvalue weighted by atomic mass is 32.1. The largest absolute Gasteiger partial charge is 0.474 e. The van der Waals surface area contributed by atoms with Crippen LogP contribution in [0.3, 0.4) is 0 Å². The fourth-order valence-electron chi connectivity index (χ4n) is 1.76. The van der Waals surface area contributed by atoms with E-state index in [-0.39, 0.29) is 10.3 Å². The molecule has 10 nitrogen and oxygen atoms in total. The third-order valence-corrected chi connectivity index (χ3v) is 4.59. The third kappa shape index (κ3) is 3.00. The first-order chi connectivity index (χ1) is 11.3. The third-order valence-electron chi connectivity index (χ3n) is 2.73. The van der Waals surface area contributed by atoms with Gasteiger partial charge in [-0.25, -0.2) is 19.6 Å². The van der Waals surface area contributed by atoms with Crippen molar-refractivity contribution < 1.29 is 29.4 Å². The number of hydrogen-bond acceptors (Lipinski definition) is 8. The van der Waals surface area contributed by atoms with E-state index in [1.54, 1.807) is 12.1 Å². The summed E-state index contributed by atoms with van der Waals surface area (Å²) >= 11 is 2.15. The summed E-state index contributed by atoms with van der Waals surface area (Å²) in [6, 6.07) is 3.29. The lowest BCUT2D eigenvalue weighted by Crippen LogP contribution is -2.21. The average Bonchev–Trinajstić information content (AvgIpc) is 3.05. The summed E-state index contributed by atoms with van der Waals surface area (Å²) in [6.07, 6.45) is 0. The molecule has 2 aromatic heterocycles. The zero-order valence-corrected chi connectivity index (χ0v) is 13.0. The first-order valence-electron chi connectivity index (χ1n) is 6.13. The van der Waals surface area contributed by atoms with Gasteiger partial charge in [-0.05, 0) is 12.1 Å². The standard InChI is InChI=1S/C12H6N4O6S2/c17-7(9(19)20)15-11-13-3-1-4-6(2-5(3)23-11)24-12(14-4)16-8(18)10(21)22/h1-2H,(H,19,20)(H,21,22)(H,13,15,17)(H,14,16,18). The molecule has 0 aliphatic heterocycles. The lowest BCUT2D eigenvalue weighted by molar-refractivity contribution is -0.147. The van der Waals surface area contributed by atoms with E-state index in [0.717, 1.165) is 22.7 Å². The van der Waals surface area contributed by atoms with E-state index in [2.05, 4.69) is 20.6 Å². The molecular weight excluding hydrogens is 360 g/mol. The van der Waals surface area contributed by atoms with Gasteiger partial charge in [-0.1, -0.05) is 22.7 Å². The van der Waals surface area contributed by atoms with Gasteiger partial charge in [0.2, 0.25) is 0 Å². The summed E-state index contributed by atoms with van der Waals surface area (Å²) < 4.78 is 1.34. The van der Waals surface area contributed by atoms with Crippen LogP contribution in [0.1, 0.15) is 0 Å². The second-order valence-electron chi connectivity index (χ2n) is 4.34. The lowest BCUT2D eigenvalue weighted by Gasteiger charge is -1.93. The van der Waals surface area contributed by atoms with Crippen LogP contribution in [0.4, 0.5) is 10.3 Å². The zero-order chi connectivity index (χ0) is 17.4. The number of aliphatic carboxylic acids is 2. The number of carbonyl (C=O) groups is 4. The normalized spacial score (nSPS) is 10.7. The molecule has 0 atom stereocenters. The van der Waals surface area contributed by atoms with Gasteiger partial charge in [0, 0.05) is 0 Å². The molecule has 0 spiro atoms. The highest BCUT2D eigenvalue weighted by Crippen LogP contribution is 2.33. The molecule has 0 saturated carbocycles. The minimum absolute atomic E-state index is 0.134. The summed E-state index contributed by atoms with van der Waals surface area (Å²) in [4.78, 5) is 51.5. The van der Waals surface area contributed by atoms with Crippen molar-refractivity contribution in [3.8, 4) is 0 Å². The molecule has 3 aromatic rings. The molecule has 0 aliphatic rings. The van der Waals surface area contributed by atoms with Gasteiger partial charge >= 0.3 is 23.8 Å². The van der Waals surface area contributed by atoms with Crippen molar-refractivity contribution in [1.29, 1.82) is 0 Å². The zero-order valence-electron chi connectivity index (χ0n) is 11.4. The highest BCUT2D eigenvalue weighted by Gasteiger charge is 2.17. The number of amides is 2. The Labute approximate surface area is 139 Å². The monoisotopic (exact) mass is 366 g/mol. The van der Waals surface area contributed by atoms with Crippen LogP contribution < -0.4 is 10.6 Å². The lowest BCUT2D eigenvalue weighted by atomic mass is 10.3. The van der Waals surface area contributed by atoms with Gasteiger partial charge in [-0.15, -0.1) is 0 Å². The number of nitrogens with one attached hydrogen (secondary N) is 2. The number of thiazole rings is 2. The molecular formula is C12H6N4O6S2. The molecule has 24 heavy (non-hydrogen) atoms. The molecule has 2 amide bonds. The summed E-state index contributed by atoms with van der Waals surface area (Å²) in [6.45, 7) is 0. The number of aromatic nitrogens is 2. The van der Waals surface area contributed by atoms with Crippen molar-refractivity contribution in [3.05, 3.63) is 12.1 Å². The van der Waals surface area contributed by atoms with E-state index in [0.29, 0.717) is 20.4 Å². The van der Waals surface area contributed by atoms with Crippen molar-refractivity contribution in [2.75, 3.05) is 10.6 Å². The van der Waals surface area contributed by atoms with E-state index in [9.17, 15) is 19.2 Å². The number of nitrogens with zero attached hydrogens (tertiary/aromatic N) is 2. The predicted molar refractivity (Wildman–Crippen MR) is 85.3 cm³/mol. The van der Waals surface area contributed by atoms with E-state index >= 15 is 0 Å². The van der Waals surface area contributed by atoms with Gasteiger partial charge in [0.15, 0.2) is 10.3 Å². The summed E-state index contributed by atoms with van der Waals surface area (Å²) in [7, 11) is 0. The molecule has 0 bridgehead atoms. The van der Waals surface area contributed by atoms with Crippen molar-refractivity contribution in [2.45, 2.75) is 0 Å². The van der Waals surface area contributed by atoms with Crippen LogP contribution in [0.25, 0.3) is 20.4 Å². The van der Waals surface area contributed by atoms with Crippen LogP contribution >= 0.6 is 22.7 Å². The minimum Gasteiger partial charge on any atom is -0.474 e. The van der Waals surface area contributed by atoms with E-state index in [4.69, 9.17) is 10.2 Å². The fourth-order valence-corrected chi connectivity index (χ4v) is 3.60. The first kappa shape index (κ1) is 15.8. The van der Waals surface area contributed by atoms with Crippen LogP contribution in [0.5, 0.6) is 0 Å². The van der Waals surface area contributed by atoms with Gasteiger partial charge in [-0.3, -0.25) is 20.2 Å². The van der Waals surface area contributed by atoms with Gasteiger partial charge in [-0.2, -0.15) is 0 Å². The van der Waals surface area contributed by atoms with Crippen LogP contribution in [-0.4, -0.2) is 43.9 Å². The number of carboxylic acid groups (broad SMARTS) is 2. The Morgan fingerprint density at radius 3 is 1.58 bits per heavy atom. The Morgan fingerprint density at radius 1 is 0.792 bits per heavy atom. The Hall–Kier alpha value is -3.12. The van der Waals surface area contributed by atoms with Crippen LogP contribution in [-0.2, 0) is 19.2 Å². The Bertz CT molecular complexity index is 895. The smallest absolute Gasteiger partial charge is 0.394 e. The number of carboxylic acids is 2. The van der Waals surface area contributed by atoms with Crippen molar-refractivity contribution in [1.82, 2.24) is 9.97 Å². The Kier molecular flexibility index (Phi) is 3.83. The molecule has 2 heterocycles. The van der Waals surface area contributed by atoms with Crippen molar-refractivity contribution >= 4 is 77.1 Å². The number of anilines is 2. The summed E-state index contributed by atoms with van der Waals surface area (Å²) in [5.74, 6) is -5.60. The van der Waals surface area contributed by atoms with Crippen molar-refractivity contribution in [3.63, 3.8) is 0 Å². The summed E-state index contributed by atoms with van der Waals surface area (Å²) in [5.41, 5.74) is 0.962. The number of carbonyl (C=O) groups excluding carboxylic acids is 2. The maximum absolute atomic E-state index is 11.1. The Morgan fingerprint density at radius 2 is 1.21 bits per heavy atom. The molecule has 12 heteroatoms. The predicted octanol–water partition coefficient (Wildman–Crippen LogP) is 0.952. The Balaban J connectivity index is 1.92. The van der Waals surface area contributed by atoms with Crippen LogP contribution in [0.15, 0.2) is 12.1 Å². The summed E-state index contributed by atoms with van der Waals surface area (Å²) in [5, 5.41) is 21.7. The molecule has 0 fully saturated rings. The molecule has 122 valence electrons. The van der Waals surface area contributed by atoms with Crippen LogP contribution in [0.2, 0.25) is 0 Å². The molecule has 0 radical (unpaired) electrons. The SMILES string of the molecule is O=C(O)C(=O)Nc1nc2cc3nc(NC(=O)C(=O)O)sc3cc2s1. The second kappa shape index (κ2) is 5.82. The van der Waals surface area contributed by atoms with E-state index in [1.807, 2.05) is 0 Å². The van der Waals surface area contributed by atoms with Gasteiger partial charge in [0.25, 0.3) is 0 Å². The molecule has 0 unspecified atom stereocenters. The average molecular weight is 366 g/mol. The maximum Gasteiger partial charge on any atom is 0.394 e. The molecule has 3 rings (SSSR count). The molecule has 0 saturated heterocycles. The van der Waals surface area contributed by atoms with Gasteiger partial charge < -0.3 is 10.2 Å². The highest BCUT2D eigenvalue weighted by molar-refractivity contribution is 7.24. The van der Waals surface area contributed by atoms with E-state index in [1.165, 1.54) is 0 Å². The van der Waals surface area contributed by atoms with Crippen molar-refractivity contribution in [2.24, 2.45) is 0 Å². The quantitative estimate of drug-likeness (QED) is 0.488. The van der Waals surface area contributed by atoms with Crippen LogP contribution in [0, 0.1) is 0 Å². The number of hydrogen-bond donors (Lipinski definition) is 4. The fraction of sp³-hybridized carbons (Fsp3) is 0.